The van der Waals surface area contributed by atoms with Crippen LogP contribution in [0.3, 0.4) is 0 Å². The van der Waals surface area contributed by atoms with Crippen molar-refractivity contribution in [1.82, 2.24) is 4.90 Å². The molecule has 10 heteroatoms. The Labute approximate surface area is 219 Å². The van der Waals surface area contributed by atoms with Crippen LogP contribution in [0.25, 0.3) is 0 Å². The Morgan fingerprint density at radius 2 is 1.86 bits per heavy atom. The molecule has 1 aliphatic heterocycles. The van der Waals surface area contributed by atoms with E-state index < -0.39 is 23.3 Å². The lowest BCUT2D eigenvalue weighted by Crippen LogP contribution is -2.38. The molecule has 1 atom stereocenters. The molecule has 37 heavy (non-hydrogen) atoms. The molecule has 3 rings (SSSR count). The number of hydrogen-bond acceptors (Lipinski definition) is 6. The number of nitrogens with zero attached hydrogens (tertiary/aromatic N) is 2. The summed E-state index contributed by atoms with van der Waals surface area (Å²) in [6, 6.07) is 10.3. The van der Waals surface area contributed by atoms with Crippen LogP contribution in [0.4, 0.5) is 13.2 Å². The Kier molecular flexibility index (Phi) is 9.05. The molecule has 0 spiro atoms. The largest absolute Gasteiger partial charge is 0.492 e. The number of aliphatic carboxylic acids is 1. The van der Waals surface area contributed by atoms with Gasteiger partial charge in [0.05, 0.1) is 18.2 Å². The van der Waals surface area contributed by atoms with Crippen LogP contribution < -0.4 is 9.47 Å². The molecule has 0 saturated carbocycles. The third-order valence-corrected chi connectivity index (χ3v) is 6.88. The molecule has 0 fully saturated rings. The van der Waals surface area contributed by atoms with Crippen LogP contribution in [0.1, 0.15) is 50.4 Å². The van der Waals surface area contributed by atoms with E-state index in [0.717, 1.165) is 35.0 Å². The highest BCUT2D eigenvalue weighted by atomic mass is 32.2. The normalized spacial score (nSPS) is 16.0. The zero-order valence-electron chi connectivity index (χ0n) is 21.6. The smallest absolute Gasteiger partial charge is 0.416 e. The van der Waals surface area contributed by atoms with Crippen LogP contribution in [0, 0.1) is 12.8 Å². The van der Waals surface area contributed by atoms with E-state index in [4.69, 9.17) is 14.5 Å². The number of rotatable bonds is 10. The zero-order chi connectivity index (χ0) is 27.4. The molecule has 0 radical (unpaired) electrons. The summed E-state index contributed by atoms with van der Waals surface area (Å²) in [5.41, 5.74) is -0.478. The molecule has 2 aromatic rings. The molecule has 0 saturated heterocycles. The van der Waals surface area contributed by atoms with E-state index in [1.165, 1.54) is 26.0 Å². The van der Waals surface area contributed by atoms with Crippen molar-refractivity contribution in [1.29, 1.82) is 0 Å². The second kappa shape index (κ2) is 11.7. The van der Waals surface area contributed by atoms with Gasteiger partial charge in [-0.25, -0.2) is 4.79 Å². The van der Waals surface area contributed by atoms with Gasteiger partial charge in [0.1, 0.15) is 18.1 Å². The molecule has 1 unspecified atom stereocenters. The van der Waals surface area contributed by atoms with E-state index in [-0.39, 0.29) is 6.04 Å². The number of aliphatic imine (C=N–C) groups is 1. The van der Waals surface area contributed by atoms with Crippen molar-refractivity contribution < 1.29 is 32.5 Å². The van der Waals surface area contributed by atoms with Crippen LogP contribution in [-0.4, -0.2) is 52.2 Å². The number of carboxylic acid groups (broad SMARTS) is 1. The van der Waals surface area contributed by atoms with E-state index in [1.54, 1.807) is 23.9 Å². The lowest BCUT2D eigenvalue weighted by atomic mass is 10.1. The molecular weight excluding hydrogens is 505 g/mol. The minimum absolute atomic E-state index is 0.192. The van der Waals surface area contributed by atoms with E-state index in [1.807, 2.05) is 13.0 Å². The number of carboxylic acids is 1. The first-order valence-electron chi connectivity index (χ1n) is 12.0. The lowest BCUT2D eigenvalue weighted by Gasteiger charge is -2.26. The minimum atomic E-state index is -4.35. The van der Waals surface area contributed by atoms with Gasteiger partial charge in [0.15, 0.2) is 10.8 Å². The van der Waals surface area contributed by atoms with Gasteiger partial charge >= 0.3 is 12.1 Å². The van der Waals surface area contributed by atoms with Gasteiger partial charge < -0.3 is 19.5 Å². The maximum absolute atomic E-state index is 12.9. The fourth-order valence-corrected chi connectivity index (χ4v) is 4.85. The van der Waals surface area contributed by atoms with Crippen LogP contribution in [0.15, 0.2) is 47.5 Å². The Morgan fingerprint density at radius 1 is 1.19 bits per heavy atom. The van der Waals surface area contributed by atoms with E-state index in [0.29, 0.717) is 36.3 Å². The van der Waals surface area contributed by atoms with E-state index in [9.17, 15) is 23.1 Å². The maximum atomic E-state index is 12.9. The average Bonchev–Trinajstić information content (AvgIpc) is 3.29. The standard InChI is InChI=1S/C27H33F3N2O4S/c1-17(2)15-32(25-31-22(16-37-25)19-6-8-20(9-7-19)27(28,29)30)12-13-35-21-10-11-23(18(3)14-21)36-26(4,5)24(33)34/h6-11,14,17,22H,12-13,15-16H2,1-5H3,(H,33,34). The third-order valence-electron chi connectivity index (χ3n) is 5.77. The number of amidine groups is 1. The van der Waals surface area contributed by atoms with Crippen molar-refractivity contribution in [3.8, 4) is 11.5 Å². The highest BCUT2D eigenvalue weighted by Gasteiger charge is 2.31. The molecule has 1 heterocycles. The summed E-state index contributed by atoms with van der Waals surface area (Å²) in [5.74, 6) is 1.12. The van der Waals surface area contributed by atoms with E-state index >= 15 is 0 Å². The third kappa shape index (κ3) is 7.80. The molecule has 0 aliphatic carbocycles. The topological polar surface area (TPSA) is 71.4 Å². The molecule has 6 nitrogen and oxygen atoms in total. The van der Waals surface area contributed by atoms with Crippen molar-refractivity contribution in [3.63, 3.8) is 0 Å². The van der Waals surface area contributed by atoms with Crippen molar-refractivity contribution in [2.24, 2.45) is 10.9 Å². The Hall–Kier alpha value is -2.88. The van der Waals surface area contributed by atoms with Crippen LogP contribution in [0.5, 0.6) is 11.5 Å². The maximum Gasteiger partial charge on any atom is 0.416 e. The quantitative estimate of drug-likeness (QED) is 0.376. The van der Waals surface area contributed by atoms with Crippen LogP contribution in [-0.2, 0) is 11.0 Å². The first-order chi connectivity index (χ1) is 17.3. The van der Waals surface area contributed by atoms with Crippen molar-refractivity contribution in [2.45, 2.75) is 52.4 Å². The van der Waals surface area contributed by atoms with Crippen molar-refractivity contribution >= 4 is 22.9 Å². The fraction of sp³-hybridized carbons (Fsp3) is 0.481. The summed E-state index contributed by atoms with van der Waals surface area (Å²) in [6.07, 6.45) is -4.35. The van der Waals surface area contributed by atoms with Gasteiger partial charge in [0.2, 0.25) is 0 Å². The Bertz CT molecular complexity index is 1120. The summed E-state index contributed by atoms with van der Waals surface area (Å²) in [7, 11) is 0. The van der Waals surface area contributed by atoms with Gasteiger partial charge in [-0.2, -0.15) is 13.2 Å². The van der Waals surface area contributed by atoms with Gasteiger partial charge in [-0.05, 0) is 68.1 Å². The van der Waals surface area contributed by atoms with Crippen LogP contribution >= 0.6 is 11.8 Å². The summed E-state index contributed by atoms with van der Waals surface area (Å²) in [4.78, 5) is 18.3. The zero-order valence-corrected chi connectivity index (χ0v) is 22.4. The molecule has 0 amide bonds. The van der Waals surface area contributed by atoms with Crippen molar-refractivity contribution in [2.75, 3.05) is 25.4 Å². The summed E-state index contributed by atoms with van der Waals surface area (Å²) < 4.78 is 50.3. The number of carbonyl (C=O) groups is 1. The number of thioether (sulfide) groups is 1. The minimum Gasteiger partial charge on any atom is -0.492 e. The molecule has 2 aromatic carbocycles. The second-order valence-electron chi connectivity index (χ2n) is 9.89. The monoisotopic (exact) mass is 538 g/mol. The second-order valence-corrected chi connectivity index (χ2v) is 10.9. The molecule has 202 valence electrons. The van der Waals surface area contributed by atoms with Crippen LogP contribution in [0.2, 0.25) is 0 Å². The predicted molar refractivity (Wildman–Crippen MR) is 140 cm³/mol. The number of hydrogen-bond donors (Lipinski definition) is 1. The molecule has 0 bridgehead atoms. The average molecular weight is 539 g/mol. The van der Waals surface area contributed by atoms with Gasteiger partial charge in [0.25, 0.3) is 0 Å². The van der Waals surface area contributed by atoms with E-state index in [2.05, 4.69) is 18.7 Å². The highest BCUT2D eigenvalue weighted by Crippen LogP contribution is 2.35. The van der Waals surface area contributed by atoms with Gasteiger partial charge in [-0.3, -0.25) is 4.99 Å². The summed E-state index contributed by atoms with van der Waals surface area (Å²) >= 11 is 1.60. The number of halogens is 3. The number of aryl methyl sites for hydroxylation is 1. The van der Waals surface area contributed by atoms with Gasteiger partial charge in [-0.15, -0.1) is 0 Å². The Morgan fingerprint density at radius 3 is 2.43 bits per heavy atom. The first kappa shape index (κ1) is 28.7. The fourth-order valence-electron chi connectivity index (χ4n) is 3.72. The van der Waals surface area contributed by atoms with Gasteiger partial charge in [-0.1, -0.05) is 37.7 Å². The first-order valence-corrected chi connectivity index (χ1v) is 13.0. The molecular formula is C27H33F3N2O4S. The SMILES string of the molecule is Cc1cc(OCCN(CC(C)C)C2=NC(c3ccc(C(F)(F)F)cc3)CS2)ccc1OC(C)(C)C(=O)O. The number of ether oxygens (including phenoxy) is 2. The number of alkyl halides is 3. The summed E-state index contributed by atoms with van der Waals surface area (Å²) in [6.45, 7) is 10.8. The number of benzene rings is 2. The van der Waals surface area contributed by atoms with Crippen molar-refractivity contribution in [3.05, 3.63) is 59.2 Å². The molecule has 1 aliphatic rings. The summed E-state index contributed by atoms with van der Waals surface area (Å²) in [5, 5.41) is 10.1. The predicted octanol–water partition coefficient (Wildman–Crippen LogP) is 6.44. The van der Waals surface area contributed by atoms with Gasteiger partial charge in [0, 0.05) is 12.3 Å². The Balaban J connectivity index is 1.63. The molecule has 0 aromatic heterocycles. The lowest BCUT2D eigenvalue weighted by molar-refractivity contribution is -0.152. The highest BCUT2D eigenvalue weighted by molar-refractivity contribution is 8.14. The molecule has 1 N–H and O–H groups in total.